The second kappa shape index (κ2) is 4.30. The molecular formula is C16H14O2. The average molecular weight is 238 g/mol. The molecule has 0 fully saturated rings. The van der Waals surface area contributed by atoms with Crippen molar-refractivity contribution >= 4 is 12.0 Å². The first-order valence-electron chi connectivity index (χ1n) is 6.19. The van der Waals surface area contributed by atoms with Gasteiger partial charge in [-0.2, -0.15) is 0 Å². The fourth-order valence-corrected chi connectivity index (χ4v) is 2.53. The van der Waals surface area contributed by atoms with E-state index in [0.29, 0.717) is 12.2 Å². The third kappa shape index (κ3) is 1.61. The molecule has 0 spiro atoms. The van der Waals surface area contributed by atoms with Crippen molar-refractivity contribution in [3.05, 3.63) is 53.1 Å². The summed E-state index contributed by atoms with van der Waals surface area (Å²) in [5.41, 5.74) is 5.24. The van der Waals surface area contributed by atoms with E-state index in [9.17, 15) is 4.79 Å². The molecule has 2 heteroatoms. The van der Waals surface area contributed by atoms with Crippen LogP contribution in [0, 0.1) is 0 Å². The normalized spacial score (nSPS) is 12.7. The zero-order valence-electron chi connectivity index (χ0n) is 10.3. The quantitative estimate of drug-likeness (QED) is 0.748. The summed E-state index contributed by atoms with van der Waals surface area (Å²) in [7, 11) is 0. The van der Waals surface area contributed by atoms with Crippen molar-refractivity contribution in [2.75, 3.05) is 6.61 Å². The van der Waals surface area contributed by atoms with Gasteiger partial charge in [0.25, 0.3) is 0 Å². The van der Waals surface area contributed by atoms with Crippen LogP contribution in [-0.4, -0.2) is 12.6 Å². The molecule has 0 aromatic rings. The smallest absolute Gasteiger partial charge is 0.338 e. The van der Waals surface area contributed by atoms with Gasteiger partial charge < -0.3 is 4.74 Å². The van der Waals surface area contributed by atoms with Gasteiger partial charge in [-0.3, -0.25) is 0 Å². The zero-order valence-corrected chi connectivity index (χ0v) is 10.3. The molecule has 18 heavy (non-hydrogen) atoms. The molecule has 0 radical (unpaired) electrons. The molecule has 3 rings (SSSR count). The SMILES string of the molecule is CCOC(=O)c1ccc2cccc3c(c1-2)CC=C3. The number of allylic oxidation sites excluding steroid dienone is 1. The second-order valence-electron chi connectivity index (χ2n) is 4.36. The highest BCUT2D eigenvalue weighted by atomic mass is 16.5. The highest BCUT2D eigenvalue weighted by Crippen LogP contribution is 2.36. The third-order valence-corrected chi connectivity index (χ3v) is 3.30. The maximum atomic E-state index is 12.0. The summed E-state index contributed by atoms with van der Waals surface area (Å²) in [6.45, 7) is 2.24. The Balaban J connectivity index is 2.20. The van der Waals surface area contributed by atoms with Crippen molar-refractivity contribution in [2.45, 2.75) is 13.3 Å². The van der Waals surface area contributed by atoms with Gasteiger partial charge >= 0.3 is 5.97 Å². The minimum Gasteiger partial charge on any atom is -0.462 e. The van der Waals surface area contributed by atoms with Gasteiger partial charge in [0, 0.05) is 5.56 Å². The van der Waals surface area contributed by atoms with Gasteiger partial charge in [-0.1, -0.05) is 36.4 Å². The maximum absolute atomic E-state index is 12.0. The monoisotopic (exact) mass is 238 g/mol. The standard InChI is InChI=1S/C16H14O2/c1-2-18-16(17)14-10-9-12-7-3-5-11-6-4-8-13(11)15(12)14/h3-7,9-10H,2,8H2,1H3. The Bertz CT molecular complexity index is 611. The molecule has 0 bridgehead atoms. The first kappa shape index (κ1) is 11.0. The van der Waals surface area contributed by atoms with E-state index in [-0.39, 0.29) is 5.97 Å². The minimum absolute atomic E-state index is 0.229. The lowest BCUT2D eigenvalue weighted by Gasteiger charge is -2.06. The number of fused-ring (bicyclic) bond motifs is 3. The number of carbonyl (C=O) groups excluding carboxylic acids is 1. The van der Waals surface area contributed by atoms with Crippen LogP contribution in [-0.2, 0) is 11.2 Å². The van der Waals surface area contributed by atoms with E-state index in [1.807, 2.05) is 31.2 Å². The molecular weight excluding hydrogens is 224 g/mol. The fourth-order valence-electron chi connectivity index (χ4n) is 2.53. The van der Waals surface area contributed by atoms with Gasteiger partial charge in [-0.05, 0) is 36.1 Å². The van der Waals surface area contributed by atoms with Crippen LogP contribution < -0.4 is 0 Å². The number of esters is 1. The number of hydrogen-bond donors (Lipinski definition) is 0. The van der Waals surface area contributed by atoms with E-state index in [4.69, 9.17) is 4.74 Å². The lowest BCUT2D eigenvalue weighted by molar-refractivity contribution is 0.0527. The number of carbonyl (C=O) groups is 1. The van der Waals surface area contributed by atoms with Crippen molar-refractivity contribution in [3.8, 4) is 11.1 Å². The minimum atomic E-state index is -0.229. The molecule has 3 aliphatic rings. The van der Waals surface area contributed by atoms with Crippen molar-refractivity contribution in [1.82, 2.24) is 0 Å². The highest BCUT2D eigenvalue weighted by molar-refractivity contribution is 6.00. The van der Waals surface area contributed by atoms with Gasteiger partial charge in [0.15, 0.2) is 0 Å². The molecule has 0 unspecified atom stereocenters. The van der Waals surface area contributed by atoms with E-state index in [2.05, 4.69) is 18.2 Å². The molecule has 3 aliphatic carbocycles. The Morgan fingerprint density at radius 3 is 3.00 bits per heavy atom. The first-order chi connectivity index (χ1) is 8.81. The summed E-state index contributed by atoms with van der Waals surface area (Å²) in [6, 6.07) is 10.0. The Morgan fingerprint density at radius 1 is 1.28 bits per heavy atom. The molecule has 0 heterocycles. The second-order valence-corrected chi connectivity index (χ2v) is 4.36. The molecule has 0 atom stereocenters. The van der Waals surface area contributed by atoms with Crippen LogP contribution in [0.4, 0.5) is 0 Å². The van der Waals surface area contributed by atoms with E-state index >= 15 is 0 Å². The summed E-state index contributed by atoms with van der Waals surface area (Å²) in [4.78, 5) is 12.0. The van der Waals surface area contributed by atoms with Crippen molar-refractivity contribution in [3.63, 3.8) is 0 Å². The van der Waals surface area contributed by atoms with Crippen LogP contribution in [0.1, 0.15) is 28.4 Å². The first-order valence-corrected chi connectivity index (χ1v) is 6.19. The Labute approximate surface area is 106 Å². The van der Waals surface area contributed by atoms with E-state index in [1.54, 1.807) is 0 Å². The molecule has 0 aliphatic heterocycles. The Kier molecular flexibility index (Phi) is 2.63. The summed E-state index contributed by atoms with van der Waals surface area (Å²) in [5, 5.41) is 0. The van der Waals surface area contributed by atoms with Crippen molar-refractivity contribution in [1.29, 1.82) is 0 Å². The third-order valence-electron chi connectivity index (χ3n) is 3.30. The van der Waals surface area contributed by atoms with Crippen LogP contribution in [0.2, 0.25) is 0 Å². The molecule has 0 saturated carbocycles. The van der Waals surface area contributed by atoms with Crippen LogP contribution in [0.3, 0.4) is 0 Å². The summed E-state index contributed by atoms with van der Waals surface area (Å²) < 4.78 is 5.13. The predicted molar refractivity (Wildman–Crippen MR) is 71.8 cm³/mol. The number of hydrogen-bond acceptors (Lipinski definition) is 2. The summed E-state index contributed by atoms with van der Waals surface area (Å²) >= 11 is 0. The van der Waals surface area contributed by atoms with Crippen molar-refractivity contribution in [2.24, 2.45) is 0 Å². The van der Waals surface area contributed by atoms with Crippen LogP contribution in [0.25, 0.3) is 17.2 Å². The topological polar surface area (TPSA) is 26.3 Å². The molecule has 0 amide bonds. The highest BCUT2D eigenvalue weighted by Gasteiger charge is 2.21. The van der Waals surface area contributed by atoms with E-state index < -0.39 is 0 Å². The van der Waals surface area contributed by atoms with Gasteiger partial charge in [0.1, 0.15) is 0 Å². The van der Waals surface area contributed by atoms with Crippen LogP contribution >= 0.6 is 0 Å². The largest absolute Gasteiger partial charge is 0.462 e. The Morgan fingerprint density at radius 2 is 2.17 bits per heavy atom. The lowest BCUT2D eigenvalue weighted by atomic mass is 10.0. The van der Waals surface area contributed by atoms with Crippen LogP contribution in [0.15, 0.2) is 36.4 Å². The van der Waals surface area contributed by atoms with Gasteiger partial charge in [-0.15, -0.1) is 0 Å². The number of ether oxygens (including phenoxy) is 1. The summed E-state index contributed by atoms with van der Waals surface area (Å²) in [6.07, 6.45) is 5.12. The maximum Gasteiger partial charge on any atom is 0.338 e. The molecule has 0 saturated heterocycles. The van der Waals surface area contributed by atoms with Gasteiger partial charge in [-0.25, -0.2) is 4.79 Å². The Hall–Kier alpha value is -2.09. The van der Waals surface area contributed by atoms with E-state index in [1.165, 1.54) is 11.1 Å². The van der Waals surface area contributed by atoms with Crippen molar-refractivity contribution < 1.29 is 9.53 Å². The van der Waals surface area contributed by atoms with E-state index in [0.717, 1.165) is 17.5 Å². The molecule has 90 valence electrons. The van der Waals surface area contributed by atoms with Crippen LogP contribution in [0.5, 0.6) is 0 Å². The molecule has 0 N–H and O–H groups in total. The van der Waals surface area contributed by atoms with Gasteiger partial charge in [0.05, 0.1) is 12.2 Å². The average Bonchev–Trinajstić information content (AvgIpc) is 2.93. The molecule has 0 aromatic heterocycles. The van der Waals surface area contributed by atoms with Gasteiger partial charge in [0.2, 0.25) is 0 Å². The molecule has 2 nitrogen and oxygen atoms in total. The molecule has 0 aromatic carbocycles. The summed E-state index contributed by atoms with van der Waals surface area (Å²) in [5.74, 6) is -0.229. The zero-order chi connectivity index (χ0) is 12.5. The number of rotatable bonds is 2. The fraction of sp³-hybridized carbons (Fsp3) is 0.188. The lowest BCUT2D eigenvalue weighted by Crippen LogP contribution is -2.05. The predicted octanol–water partition coefficient (Wildman–Crippen LogP) is 3.54.